The van der Waals surface area contributed by atoms with Crippen LogP contribution in [0.25, 0.3) is 0 Å². The summed E-state index contributed by atoms with van der Waals surface area (Å²) in [4.78, 5) is 14.0. The molecule has 1 saturated carbocycles. The molecule has 1 aromatic heterocycles. The maximum atomic E-state index is 12.8. The number of quaternary nitrogens is 1. The molecule has 1 saturated heterocycles. The third kappa shape index (κ3) is 4.49. The number of carbonyl (C=O) groups is 1. The smallest absolute Gasteiger partial charge is 0.309 e. The number of hydrogen-bond acceptors (Lipinski definition) is 3. The van der Waals surface area contributed by atoms with Crippen LogP contribution in [0.4, 0.5) is 0 Å². The van der Waals surface area contributed by atoms with Crippen molar-refractivity contribution < 1.29 is 14.0 Å². The van der Waals surface area contributed by atoms with Crippen LogP contribution in [-0.4, -0.2) is 43.7 Å². The van der Waals surface area contributed by atoms with Crippen molar-refractivity contribution in [3.8, 4) is 0 Å². The quantitative estimate of drug-likeness (QED) is 0.585. The molecule has 2 heterocycles. The molecule has 0 spiro atoms. The minimum atomic E-state index is 0.0166. The van der Waals surface area contributed by atoms with Crippen LogP contribution in [-0.2, 0) is 16.0 Å². The molecule has 1 aliphatic heterocycles. The van der Waals surface area contributed by atoms with Gasteiger partial charge in [-0.25, -0.2) is 0 Å². The van der Waals surface area contributed by atoms with Crippen LogP contribution in [0.1, 0.15) is 37.0 Å². The van der Waals surface area contributed by atoms with Gasteiger partial charge in [-0.1, -0.05) is 18.0 Å². The van der Waals surface area contributed by atoms with Crippen LogP contribution in [0.3, 0.4) is 0 Å². The SMILES string of the molecule is C[N+]1(C)CCC(OC(=O)[C@@H](Cc2ccc(Cl)s2)C2CCC2)CC1. The zero-order valence-corrected chi connectivity index (χ0v) is 15.7. The number of nitrogens with zero attached hydrogens (tertiary/aromatic N) is 1. The van der Waals surface area contributed by atoms with Crippen molar-refractivity contribution in [2.24, 2.45) is 11.8 Å². The van der Waals surface area contributed by atoms with E-state index in [-0.39, 0.29) is 18.0 Å². The van der Waals surface area contributed by atoms with Gasteiger partial charge in [0, 0.05) is 17.7 Å². The first-order valence-electron chi connectivity index (χ1n) is 8.70. The number of hydrogen-bond donors (Lipinski definition) is 0. The largest absolute Gasteiger partial charge is 0.462 e. The summed E-state index contributed by atoms with van der Waals surface area (Å²) in [6.07, 6.45) is 6.44. The van der Waals surface area contributed by atoms with Crippen LogP contribution in [0.5, 0.6) is 0 Å². The highest BCUT2D eigenvalue weighted by Gasteiger charge is 2.36. The van der Waals surface area contributed by atoms with Crippen LogP contribution in [0, 0.1) is 11.8 Å². The zero-order valence-electron chi connectivity index (χ0n) is 14.1. The Balaban J connectivity index is 1.59. The van der Waals surface area contributed by atoms with Gasteiger partial charge in [0.15, 0.2) is 0 Å². The fourth-order valence-electron chi connectivity index (χ4n) is 3.58. The lowest BCUT2D eigenvalue weighted by Crippen LogP contribution is -2.48. The Hall–Kier alpha value is -0.580. The standard InChI is InChI=1S/C18H27ClNO2S/c1-20(2)10-8-14(9-11-20)22-18(21)16(13-4-3-5-13)12-15-6-7-17(19)23-15/h6-7,13-14,16H,3-5,8-12H2,1-2H3/q+1/t16-/m0/s1. The molecule has 2 fully saturated rings. The van der Waals surface area contributed by atoms with Crippen LogP contribution in [0.2, 0.25) is 4.34 Å². The fraction of sp³-hybridized carbons (Fsp3) is 0.722. The monoisotopic (exact) mass is 356 g/mol. The molecule has 3 rings (SSSR count). The minimum absolute atomic E-state index is 0.0166. The van der Waals surface area contributed by atoms with Crippen molar-refractivity contribution in [2.45, 2.75) is 44.6 Å². The van der Waals surface area contributed by atoms with Gasteiger partial charge < -0.3 is 9.22 Å². The Morgan fingerprint density at radius 2 is 2.00 bits per heavy atom. The summed E-state index contributed by atoms with van der Waals surface area (Å²) in [7, 11) is 4.49. The summed E-state index contributed by atoms with van der Waals surface area (Å²) in [5, 5.41) is 0. The molecule has 128 valence electrons. The molecule has 1 atom stereocenters. The van der Waals surface area contributed by atoms with E-state index in [0.717, 1.165) is 54.0 Å². The first-order valence-corrected chi connectivity index (χ1v) is 9.89. The number of esters is 1. The van der Waals surface area contributed by atoms with Crippen molar-refractivity contribution in [1.29, 1.82) is 0 Å². The Morgan fingerprint density at radius 3 is 2.52 bits per heavy atom. The van der Waals surface area contributed by atoms with Crippen molar-refractivity contribution in [3.05, 3.63) is 21.3 Å². The molecular weight excluding hydrogens is 330 g/mol. The number of ether oxygens (including phenoxy) is 1. The molecule has 0 N–H and O–H groups in total. The lowest BCUT2D eigenvalue weighted by Gasteiger charge is -2.38. The average Bonchev–Trinajstić information content (AvgIpc) is 2.84. The summed E-state index contributed by atoms with van der Waals surface area (Å²) >= 11 is 7.62. The van der Waals surface area contributed by atoms with E-state index in [0.29, 0.717) is 5.92 Å². The van der Waals surface area contributed by atoms with Gasteiger partial charge in [-0.05, 0) is 37.3 Å². The maximum absolute atomic E-state index is 12.8. The second-order valence-electron chi connectivity index (χ2n) is 7.73. The number of likely N-dealkylation sites (tertiary alicyclic amines) is 1. The molecule has 23 heavy (non-hydrogen) atoms. The van der Waals surface area contributed by atoms with E-state index < -0.39 is 0 Å². The van der Waals surface area contributed by atoms with Crippen LogP contribution in [0.15, 0.2) is 12.1 Å². The highest BCUT2D eigenvalue weighted by atomic mass is 35.5. The summed E-state index contributed by atoms with van der Waals surface area (Å²) in [5.74, 6) is 0.540. The first kappa shape index (κ1) is 17.2. The third-order valence-electron chi connectivity index (χ3n) is 5.47. The van der Waals surface area contributed by atoms with Crippen LogP contribution >= 0.6 is 22.9 Å². The molecule has 0 bridgehead atoms. The van der Waals surface area contributed by atoms with Gasteiger partial charge in [0.1, 0.15) is 6.10 Å². The van der Waals surface area contributed by atoms with E-state index in [4.69, 9.17) is 16.3 Å². The predicted molar refractivity (Wildman–Crippen MR) is 94.8 cm³/mol. The fourth-order valence-corrected chi connectivity index (χ4v) is 4.72. The normalized spacial score (nSPS) is 23.3. The third-order valence-corrected chi connectivity index (χ3v) is 6.72. The lowest BCUT2D eigenvalue weighted by molar-refractivity contribution is -0.896. The number of piperidine rings is 1. The molecule has 0 radical (unpaired) electrons. The van der Waals surface area contributed by atoms with Crippen molar-refractivity contribution >= 4 is 28.9 Å². The Kier molecular flexibility index (Phi) is 5.34. The summed E-state index contributed by atoms with van der Waals surface area (Å²) in [6.45, 7) is 2.18. The second kappa shape index (κ2) is 7.12. The van der Waals surface area contributed by atoms with Crippen LogP contribution < -0.4 is 0 Å². The molecule has 2 aliphatic rings. The average molecular weight is 357 g/mol. The van der Waals surface area contributed by atoms with Gasteiger partial charge in [-0.15, -0.1) is 11.3 Å². The van der Waals surface area contributed by atoms with Gasteiger partial charge in [0.05, 0.1) is 37.4 Å². The molecule has 1 aromatic rings. The first-order chi connectivity index (χ1) is 10.9. The van der Waals surface area contributed by atoms with E-state index >= 15 is 0 Å². The molecule has 0 aromatic carbocycles. The number of carbonyl (C=O) groups excluding carboxylic acids is 1. The second-order valence-corrected chi connectivity index (χ2v) is 9.53. The molecule has 3 nitrogen and oxygen atoms in total. The number of rotatable bonds is 5. The van der Waals surface area contributed by atoms with E-state index in [2.05, 4.69) is 14.1 Å². The molecule has 5 heteroatoms. The molecule has 0 unspecified atom stereocenters. The predicted octanol–water partition coefficient (Wildman–Crippen LogP) is 4.14. The minimum Gasteiger partial charge on any atom is -0.462 e. The zero-order chi connectivity index (χ0) is 16.4. The highest BCUT2D eigenvalue weighted by molar-refractivity contribution is 7.16. The molecule has 0 amide bonds. The Bertz CT molecular complexity index is 543. The molecule has 1 aliphatic carbocycles. The Labute approximate surface area is 148 Å². The topological polar surface area (TPSA) is 26.3 Å². The van der Waals surface area contributed by atoms with Crippen molar-refractivity contribution in [1.82, 2.24) is 0 Å². The number of thiophene rings is 1. The maximum Gasteiger partial charge on any atom is 0.309 e. The lowest BCUT2D eigenvalue weighted by atomic mass is 9.74. The summed E-state index contributed by atoms with van der Waals surface area (Å²) in [6, 6.07) is 3.97. The van der Waals surface area contributed by atoms with E-state index in [9.17, 15) is 4.79 Å². The summed E-state index contributed by atoms with van der Waals surface area (Å²) < 4.78 is 7.74. The van der Waals surface area contributed by atoms with Crippen molar-refractivity contribution in [3.63, 3.8) is 0 Å². The molecular formula is C18H27ClNO2S+. The number of halogens is 1. The van der Waals surface area contributed by atoms with Gasteiger partial charge >= 0.3 is 5.97 Å². The van der Waals surface area contributed by atoms with E-state index in [1.807, 2.05) is 12.1 Å². The summed E-state index contributed by atoms with van der Waals surface area (Å²) in [5.41, 5.74) is 0. The van der Waals surface area contributed by atoms with Crippen molar-refractivity contribution in [2.75, 3.05) is 27.2 Å². The van der Waals surface area contributed by atoms with Gasteiger partial charge in [0.25, 0.3) is 0 Å². The van der Waals surface area contributed by atoms with E-state index in [1.54, 1.807) is 11.3 Å². The highest BCUT2D eigenvalue weighted by Crippen LogP contribution is 2.38. The van der Waals surface area contributed by atoms with Gasteiger partial charge in [-0.3, -0.25) is 4.79 Å². The van der Waals surface area contributed by atoms with Gasteiger partial charge in [-0.2, -0.15) is 0 Å². The van der Waals surface area contributed by atoms with Gasteiger partial charge in [0.2, 0.25) is 0 Å². The van der Waals surface area contributed by atoms with E-state index in [1.165, 1.54) is 11.3 Å². The Morgan fingerprint density at radius 1 is 1.30 bits per heavy atom.